The molecule has 180 valence electrons. The Morgan fingerprint density at radius 3 is 2.35 bits per heavy atom. The van der Waals surface area contributed by atoms with Crippen LogP contribution in [-0.2, 0) is 20.4 Å². The molecule has 11 heteroatoms. The van der Waals surface area contributed by atoms with Crippen molar-refractivity contribution >= 4 is 18.0 Å². The minimum Gasteiger partial charge on any atom is -0.497 e. The third-order valence-corrected chi connectivity index (χ3v) is 4.87. The molecule has 8 nitrogen and oxygen atoms in total. The van der Waals surface area contributed by atoms with Gasteiger partial charge in [-0.25, -0.2) is 14.4 Å². The number of hydrogen-bond donors (Lipinski definition) is 2. The third kappa shape index (κ3) is 5.66. The highest BCUT2D eigenvalue weighted by molar-refractivity contribution is 5.95. The molecular weight excluding hydrogens is 457 g/mol. The molecule has 2 amide bonds. The molecule has 1 aliphatic heterocycles. The predicted octanol–water partition coefficient (Wildman–Crippen LogP) is 3.74. The maximum absolute atomic E-state index is 12.9. The van der Waals surface area contributed by atoms with Crippen molar-refractivity contribution in [2.24, 2.45) is 0 Å². The molecule has 0 saturated heterocycles. The molecule has 2 N–H and O–H groups in total. The Labute approximate surface area is 192 Å². The number of alkyl halides is 3. The Bertz CT molecular complexity index is 1110. The number of urea groups is 1. The number of nitrogens with one attached hydrogen (secondary N) is 2. The number of benzene rings is 2. The molecule has 0 spiro atoms. The van der Waals surface area contributed by atoms with Crippen LogP contribution in [0, 0.1) is 0 Å². The van der Waals surface area contributed by atoms with Crippen LogP contribution in [0.1, 0.15) is 34.5 Å². The number of carbonyl (C=O) groups excluding carboxylic acids is 3. The summed E-state index contributed by atoms with van der Waals surface area (Å²) in [6, 6.07) is 8.68. The number of rotatable bonds is 7. The molecule has 1 unspecified atom stereocenters. The van der Waals surface area contributed by atoms with E-state index in [-0.39, 0.29) is 23.4 Å². The van der Waals surface area contributed by atoms with E-state index in [0.717, 1.165) is 12.1 Å². The summed E-state index contributed by atoms with van der Waals surface area (Å²) in [6.07, 6.45) is -4.63. The highest BCUT2D eigenvalue weighted by Gasteiger charge is 2.35. The van der Waals surface area contributed by atoms with Gasteiger partial charge in [0.05, 0.1) is 42.2 Å². The van der Waals surface area contributed by atoms with Crippen LogP contribution in [0.15, 0.2) is 59.8 Å². The summed E-state index contributed by atoms with van der Waals surface area (Å²) in [5, 5.41) is 5.04. The first kappa shape index (κ1) is 24.6. The standard InChI is InChI=1S/C23H21F3N2O6/c1-3-33-21(30)18-17(12-34-20(29)14-5-4-6-15(11-14)23(24,25)26)27-22(31)28-19(18)13-7-9-16(32-2)10-8-13/h4-11,19H,3,12H2,1-2H3,(H2,27,28,31). The van der Waals surface area contributed by atoms with E-state index in [0.29, 0.717) is 17.4 Å². The minimum absolute atomic E-state index is 0.0107. The number of ether oxygens (including phenoxy) is 3. The Morgan fingerprint density at radius 1 is 1.03 bits per heavy atom. The quantitative estimate of drug-likeness (QED) is 0.588. The summed E-state index contributed by atoms with van der Waals surface area (Å²) in [7, 11) is 1.49. The zero-order chi connectivity index (χ0) is 24.9. The SMILES string of the molecule is CCOC(=O)C1=C(COC(=O)c2cccc(C(F)(F)F)c2)NC(=O)NC1c1ccc(OC)cc1. The Kier molecular flexibility index (Phi) is 7.44. The maximum Gasteiger partial charge on any atom is 0.416 e. The zero-order valence-electron chi connectivity index (χ0n) is 18.2. The van der Waals surface area contributed by atoms with E-state index >= 15 is 0 Å². The molecule has 0 aromatic heterocycles. The molecule has 0 fully saturated rings. The second kappa shape index (κ2) is 10.3. The average Bonchev–Trinajstić information content (AvgIpc) is 2.81. The number of methoxy groups -OCH3 is 1. The van der Waals surface area contributed by atoms with Crippen molar-refractivity contribution < 1.29 is 41.8 Å². The maximum atomic E-state index is 12.9. The van der Waals surface area contributed by atoms with Crippen LogP contribution in [0.4, 0.5) is 18.0 Å². The molecule has 1 atom stereocenters. The molecule has 0 bridgehead atoms. The molecule has 1 heterocycles. The van der Waals surface area contributed by atoms with Crippen molar-refractivity contribution in [3.63, 3.8) is 0 Å². The Hall–Kier alpha value is -4.02. The van der Waals surface area contributed by atoms with Gasteiger partial charge in [-0.1, -0.05) is 18.2 Å². The molecule has 3 rings (SSSR count). The van der Waals surface area contributed by atoms with Crippen molar-refractivity contribution in [1.82, 2.24) is 10.6 Å². The molecule has 0 aliphatic carbocycles. The monoisotopic (exact) mass is 478 g/mol. The van der Waals surface area contributed by atoms with Gasteiger partial charge >= 0.3 is 24.1 Å². The average molecular weight is 478 g/mol. The number of amides is 2. The zero-order valence-corrected chi connectivity index (χ0v) is 18.2. The molecule has 2 aromatic rings. The van der Waals surface area contributed by atoms with Gasteiger partial charge in [-0.2, -0.15) is 13.2 Å². The van der Waals surface area contributed by atoms with E-state index in [1.807, 2.05) is 0 Å². The minimum atomic E-state index is -4.63. The summed E-state index contributed by atoms with van der Waals surface area (Å²) in [6.45, 7) is 1.06. The lowest BCUT2D eigenvalue weighted by molar-refractivity contribution is -0.139. The Morgan fingerprint density at radius 2 is 1.74 bits per heavy atom. The van der Waals surface area contributed by atoms with Crippen LogP contribution in [0.2, 0.25) is 0 Å². The van der Waals surface area contributed by atoms with Gasteiger partial charge in [-0.05, 0) is 42.8 Å². The topological polar surface area (TPSA) is 103 Å². The molecule has 2 aromatic carbocycles. The van der Waals surface area contributed by atoms with Crippen molar-refractivity contribution in [3.05, 3.63) is 76.5 Å². The van der Waals surface area contributed by atoms with Crippen molar-refractivity contribution in [1.29, 1.82) is 0 Å². The van der Waals surface area contributed by atoms with E-state index in [2.05, 4.69) is 10.6 Å². The predicted molar refractivity (Wildman–Crippen MR) is 113 cm³/mol. The van der Waals surface area contributed by atoms with Crippen molar-refractivity contribution in [3.8, 4) is 5.75 Å². The number of carbonyl (C=O) groups is 3. The van der Waals surface area contributed by atoms with Gasteiger partial charge < -0.3 is 24.8 Å². The summed E-state index contributed by atoms with van der Waals surface area (Å²) in [4.78, 5) is 37.4. The molecule has 0 saturated carbocycles. The van der Waals surface area contributed by atoms with Crippen molar-refractivity contribution in [2.75, 3.05) is 20.3 Å². The van der Waals surface area contributed by atoms with E-state index in [1.165, 1.54) is 13.2 Å². The number of halogens is 3. The Balaban J connectivity index is 1.91. The van der Waals surface area contributed by atoms with E-state index in [4.69, 9.17) is 14.2 Å². The lowest BCUT2D eigenvalue weighted by Gasteiger charge is -2.29. The summed E-state index contributed by atoms with van der Waals surface area (Å²) < 4.78 is 54.2. The summed E-state index contributed by atoms with van der Waals surface area (Å²) in [5.74, 6) is -1.27. The normalized spacial score (nSPS) is 15.8. The van der Waals surface area contributed by atoms with Crippen LogP contribution in [-0.4, -0.2) is 38.3 Å². The highest BCUT2D eigenvalue weighted by atomic mass is 19.4. The fraction of sp³-hybridized carbons (Fsp3) is 0.261. The molecule has 1 aliphatic rings. The highest BCUT2D eigenvalue weighted by Crippen LogP contribution is 2.31. The summed E-state index contributed by atoms with van der Waals surface area (Å²) >= 11 is 0. The lowest BCUT2D eigenvalue weighted by Crippen LogP contribution is -2.47. The third-order valence-electron chi connectivity index (χ3n) is 4.87. The largest absolute Gasteiger partial charge is 0.497 e. The fourth-order valence-electron chi connectivity index (χ4n) is 3.27. The smallest absolute Gasteiger partial charge is 0.416 e. The molecule has 0 radical (unpaired) electrons. The molecule has 34 heavy (non-hydrogen) atoms. The second-order valence-electron chi connectivity index (χ2n) is 7.07. The van der Waals surface area contributed by atoms with Gasteiger partial charge in [0.15, 0.2) is 0 Å². The molecular formula is C23H21F3N2O6. The second-order valence-corrected chi connectivity index (χ2v) is 7.07. The fourth-order valence-corrected chi connectivity index (χ4v) is 3.27. The van der Waals surface area contributed by atoms with Gasteiger partial charge in [0.2, 0.25) is 0 Å². The van der Waals surface area contributed by atoms with Gasteiger partial charge in [0, 0.05) is 0 Å². The first-order chi connectivity index (χ1) is 16.1. The summed E-state index contributed by atoms with van der Waals surface area (Å²) in [5.41, 5.74) is -0.879. The van der Waals surface area contributed by atoms with Crippen LogP contribution in [0.5, 0.6) is 5.75 Å². The number of esters is 2. The lowest BCUT2D eigenvalue weighted by atomic mass is 9.95. The first-order valence-corrected chi connectivity index (χ1v) is 10.1. The van der Waals surface area contributed by atoms with Gasteiger partial charge in [0.25, 0.3) is 0 Å². The van der Waals surface area contributed by atoms with Crippen LogP contribution < -0.4 is 15.4 Å². The number of hydrogen-bond acceptors (Lipinski definition) is 6. The van der Waals surface area contributed by atoms with Crippen LogP contribution >= 0.6 is 0 Å². The van der Waals surface area contributed by atoms with Crippen LogP contribution in [0.25, 0.3) is 0 Å². The van der Waals surface area contributed by atoms with Crippen molar-refractivity contribution in [2.45, 2.75) is 19.1 Å². The van der Waals surface area contributed by atoms with Crippen LogP contribution in [0.3, 0.4) is 0 Å². The van der Waals surface area contributed by atoms with E-state index in [9.17, 15) is 27.6 Å². The van der Waals surface area contributed by atoms with E-state index in [1.54, 1.807) is 31.2 Å². The van der Waals surface area contributed by atoms with Gasteiger partial charge in [0.1, 0.15) is 12.4 Å². The van der Waals surface area contributed by atoms with Gasteiger partial charge in [-0.3, -0.25) is 0 Å². The van der Waals surface area contributed by atoms with E-state index < -0.39 is 42.4 Å². The first-order valence-electron chi connectivity index (χ1n) is 10.1. The van der Waals surface area contributed by atoms with Gasteiger partial charge in [-0.15, -0.1) is 0 Å².